The highest BCUT2D eigenvalue weighted by Crippen LogP contribution is 2.89. The number of nitrogens with zero attached hydrogens (tertiary/aromatic N) is 1. The summed E-state index contributed by atoms with van der Waals surface area (Å²) in [4.78, 5) is 28.7. The maximum absolute atomic E-state index is 13.0. The topological polar surface area (TPSA) is 95.0 Å². The molecule has 2 heterocycles. The molecule has 12 atom stereocenters. The van der Waals surface area contributed by atoms with Crippen molar-refractivity contribution in [2.45, 2.75) is 117 Å². The van der Waals surface area contributed by atoms with Crippen molar-refractivity contribution < 1.29 is 28.9 Å². The SMILES string of the molecule is CC(=O)OCC1C[C@@H](C)[C@H]2C(O1)[C@H](O)[C@@]1(C)C3CC[C@H]4C(C)(C)[C@@H](OC(=O)c5cccnc5)CC[C@@]45C[C@@]35CC[C@]21C. The van der Waals surface area contributed by atoms with E-state index >= 15 is 0 Å². The minimum absolute atomic E-state index is 0.00139. The van der Waals surface area contributed by atoms with Crippen molar-refractivity contribution in [3.05, 3.63) is 30.1 Å². The maximum atomic E-state index is 13.0. The lowest BCUT2D eigenvalue weighted by molar-refractivity contribution is -0.183. The number of esters is 2. The van der Waals surface area contributed by atoms with Crippen LogP contribution < -0.4 is 0 Å². The second kappa shape index (κ2) is 9.26. The first-order valence-electron chi connectivity index (χ1n) is 16.4. The molecule has 1 aliphatic heterocycles. The number of carbonyl (C=O) groups is 2. The smallest absolute Gasteiger partial charge is 0.339 e. The Hall–Kier alpha value is -1.99. The van der Waals surface area contributed by atoms with Gasteiger partial charge in [0, 0.05) is 30.1 Å². The first-order chi connectivity index (χ1) is 19.8. The van der Waals surface area contributed by atoms with E-state index in [1.54, 1.807) is 24.5 Å². The maximum Gasteiger partial charge on any atom is 0.339 e. The summed E-state index contributed by atoms with van der Waals surface area (Å²) in [6, 6.07) is 3.56. The van der Waals surface area contributed by atoms with E-state index in [4.69, 9.17) is 14.2 Å². The molecule has 1 saturated heterocycles. The summed E-state index contributed by atoms with van der Waals surface area (Å²) in [5, 5.41) is 12.3. The van der Waals surface area contributed by atoms with Gasteiger partial charge in [-0.15, -0.1) is 0 Å². The van der Waals surface area contributed by atoms with E-state index in [1.807, 2.05) is 0 Å². The number of aliphatic hydroxyl groups excluding tert-OH is 1. The largest absolute Gasteiger partial charge is 0.463 e. The Balaban J connectivity index is 1.15. The van der Waals surface area contributed by atoms with E-state index in [2.05, 4.69) is 39.6 Å². The first-order valence-corrected chi connectivity index (χ1v) is 16.4. The van der Waals surface area contributed by atoms with E-state index < -0.39 is 6.10 Å². The molecule has 7 nitrogen and oxygen atoms in total. The van der Waals surface area contributed by atoms with Gasteiger partial charge in [-0.2, -0.15) is 0 Å². The highest BCUT2D eigenvalue weighted by Gasteiger charge is 2.84. The Morgan fingerprint density at radius 2 is 1.81 bits per heavy atom. The van der Waals surface area contributed by atoms with Crippen LogP contribution in [0.3, 0.4) is 0 Å². The number of aliphatic hydroxyl groups is 1. The Morgan fingerprint density at radius 1 is 1.07 bits per heavy atom. The van der Waals surface area contributed by atoms with Crippen molar-refractivity contribution in [3.8, 4) is 0 Å². The van der Waals surface area contributed by atoms with Crippen LogP contribution in [-0.2, 0) is 19.0 Å². The average molecular weight is 580 g/mol. The highest BCUT2D eigenvalue weighted by molar-refractivity contribution is 5.89. The Bertz CT molecular complexity index is 1270. The number of hydrogen-bond donors (Lipinski definition) is 1. The number of hydrogen-bond acceptors (Lipinski definition) is 7. The number of fused-ring (bicyclic) bond motifs is 4. The number of rotatable bonds is 4. The lowest BCUT2D eigenvalue weighted by atomic mass is 9.41. The molecular formula is C35H49NO6. The molecule has 230 valence electrons. The zero-order valence-electron chi connectivity index (χ0n) is 26.2. The Morgan fingerprint density at radius 3 is 2.52 bits per heavy atom. The summed E-state index contributed by atoms with van der Waals surface area (Å²) in [7, 11) is 0. The molecule has 1 aromatic rings. The van der Waals surface area contributed by atoms with Gasteiger partial charge in [0.25, 0.3) is 0 Å². The zero-order chi connectivity index (χ0) is 29.9. The number of aromatic nitrogens is 1. The third-order valence-electron chi connectivity index (χ3n) is 14.4. The number of pyridine rings is 1. The van der Waals surface area contributed by atoms with Gasteiger partial charge in [-0.1, -0.05) is 34.6 Å². The van der Waals surface area contributed by atoms with Gasteiger partial charge in [0.1, 0.15) is 12.7 Å². The lowest BCUT2D eigenvalue weighted by Gasteiger charge is -2.63. The van der Waals surface area contributed by atoms with Crippen LogP contribution in [-0.4, -0.2) is 53.1 Å². The van der Waals surface area contributed by atoms with Crippen molar-refractivity contribution in [1.29, 1.82) is 0 Å². The summed E-state index contributed by atoms with van der Waals surface area (Å²) in [6.45, 7) is 13.6. The van der Waals surface area contributed by atoms with Gasteiger partial charge in [0.2, 0.25) is 0 Å². The summed E-state index contributed by atoms with van der Waals surface area (Å²) >= 11 is 0. The number of carbonyl (C=O) groups excluding carboxylic acids is 2. The van der Waals surface area contributed by atoms with Gasteiger partial charge in [-0.05, 0) is 103 Å². The Kier molecular flexibility index (Phi) is 6.34. The zero-order valence-corrected chi connectivity index (χ0v) is 26.2. The summed E-state index contributed by atoms with van der Waals surface area (Å²) in [5.41, 5.74) is 0.682. The van der Waals surface area contributed by atoms with E-state index in [1.165, 1.54) is 19.8 Å². The van der Waals surface area contributed by atoms with Gasteiger partial charge in [0.05, 0.1) is 23.9 Å². The van der Waals surface area contributed by atoms with Crippen LogP contribution in [0.15, 0.2) is 24.5 Å². The van der Waals surface area contributed by atoms with Crippen LogP contribution in [0.25, 0.3) is 0 Å². The van der Waals surface area contributed by atoms with E-state index in [9.17, 15) is 14.7 Å². The standard InChI is InChI=1S/C35H49NO6/c1-20-16-23(18-40-21(2)37)41-28-27(20)32(5)13-14-35-19-34(35)12-11-26(42-30(39)22-8-7-15-36-17-22)31(3,4)24(34)9-10-25(35)33(32,6)29(28)38/h7-8,15,17,20,23-29,38H,9-14,16,18-19H2,1-6H3/t20-,23?,24+,25?,26+,27+,28?,29+,32-,33-,34-,35+/m1/s1. The van der Waals surface area contributed by atoms with Gasteiger partial charge < -0.3 is 19.3 Å². The summed E-state index contributed by atoms with van der Waals surface area (Å²) in [5.74, 6) is 1.10. The second-order valence-corrected chi connectivity index (χ2v) is 16.1. The molecule has 7 heteroatoms. The fourth-order valence-electron chi connectivity index (χ4n) is 12.6. The van der Waals surface area contributed by atoms with Gasteiger partial charge in [-0.25, -0.2) is 4.79 Å². The number of ether oxygens (including phenoxy) is 3. The van der Waals surface area contributed by atoms with Crippen molar-refractivity contribution >= 4 is 11.9 Å². The fourth-order valence-corrected chi connectivity index (χ4v) is 12.6. The van der Waals surface area contributed by atoms with E-state index in [0.29, 0.717) is 29.2 Å². The van der Waals surface area contributed by atoms with Crippen LogP contribution in [0.2, 0.25) is 0 Å². The predicted octanol–water partition coefficient (Wildman–Crippen LogP) is 5.98. The van der Waals surface area contributed by atoms with Crippen LogP contribution in [0.1, 0.15) is 103 Å². The molecule has 1 aromatic heterocycles. The van der Waals surface area contributed by atoms with Crippen molar-refractivity contribution in [3.63, 3.8) is 0 Å². The molecule has 5 aliphatic carbocycles. The van der Waals surface area contributed by atoms with Gasteiger partial charge in [0.15, 0.2) is 0 Å². The third-order valence-corrected chi connectivity index (χ3v) is 14.4. The Labute approximate surface area is 250 Å². The molecule has 7 rings (SSSR count). The molecule has 5 saturated carbocycles. The van der Waals surface area contributed by atoms with Crippen LogP contribution in [0.5, 0.6) is 0 Å². The normalized spacial score (nSPS) is 49.8. The summed E-state index contributed by atoms with van der Waals surface area (Å²) < 4.78 is 18.2. The molecule has 3 unspecified atom stereocenters. The van der Waals surface area contributed by atoms with E-state index in [-0.39, 0.29) is 63.9 Å². The molecule has 42 heavy (non-hydrogen) atoms. The van der Waals surface area contributed by atoms with Crippen molar-refractivity contribution in [2.75, 3.05) is 6.61 Å². The summed E-state index contributed by atoms with van der Waals surface area (Å²) in [6.07, 6.45) is 10.9. The predicted molar refractivity (Wildman–Crippen MR) is 156 cm³/mol. The molecule has 2 spiro atoms. The van der Waals surface area contributed by atoms with Crippen LogP contribution in [0.4, 0.5) is 0 Å². The monoisotopic (exact) mass is 579 g/mol. The van der Waals surface area contributed by atoms with Gasteiger partial charge in [-0.3, -0.25) is 9.78 Å². The quantitative estimate of drug-likeness (QED) is 0.438. The molecule has 0 bridgehead atoms. The van der Waals surface area contributed by atoms with Crippen molar-refractivity contribution in [1.82, 2.24) is 4.98 Å². The molecule has 6 aliphatic rings. The van der Waals surface area contributed by atoms with Crippen LogP contribution in [0, 0.1) is 50.7 Å². The highest BCUT2D eigenvalue weighted by atomic mass is 16.6. The lowest BCUT2D eigenvalue weighted by Crippen LogP contribution is -2.60. The molecule has 1 N–H and O–H groups in total. The molecule has 6 fully saturated rings. The minimum atomic E-state index is -0.531. The van der Waals surface area contributed by atoms with Gasteiger partial charge >= 0.3 is 11.9 Å². The third kappa shape index (κ3) is 3.56. The first kappa shape index (κ1) is 28.8. The average Bonchev–Trinajstić information content (AvgIpc) is 3.58. The minimum Gasteiger partial charge on any atom is -0.463 e. The molecule has 0 radical (unpaired) electrons. The van der Waals surface area contributed by atoms with Crippen LogP contribution >= 0.6 is 0 Å². The van der Waals surface area contributed by atoms with E-state index in [0.717, 1.165) is 38.5 Å². The molecular weight excluding hydrogens is 530 g/mol. The molecule has 0 aromatic carbocycles. The van der Waals surface area contributed by atoms with Crippen molar-refractivity contribution in [2.24, 2.45) is 50.7 Å². The molecule has 0 amide bonds. The second-order valence-electron chi connectivity index (χ2n) is 16.1. The fraction of sp³-hybridized carbons (Fsp3) is 0.800.